The van der Waals surface area contributed by atoms with E-state index in [1.54, 1.807) is 0 Å². The largest absolute Gasteiger partial charge is 0.481 e. The average molecular weight is 278 g/mol. The van der Waals surface area contributed by atoms with E-state index < -0.39 is 5.97 Å². The molecule has 0 saturated carbocycles. The topological polar surface area (TPSA) is 37.3 Å². The number of rotatable bonds is 12. The summed E-state index contributed by atoms with van der Waals surface area (Å²) in [7, 11) is 0. The smallest absolute Gasteiger partial charge is 0.303 e. The summed E-state index contributed by atoms with van der Waals surface area (Å²) >= 11 is 0. The van der Waals surface area contributed by atoms with Crippen LogP contribution in [0.5, 0.6) is 0 Å². The zero-order valence-electron chi connectivity index (χ0n) is 13.0. The van der Waals surface area contributed by atoms with Crippen molar-refractivity contribution < 1.29 is 9.90 Å². The number of carbonyl (C=O) groups is 1. The summed E-state index contributed by atoms with van der Waals surface area (Å²) in [5.74, 6) is 5.71. The minimum absolute atomic E-state index is 0.316. The molecular weight excluding hydrogens is 248 g/mol. The van der Waals surface area contributed by atoms with Gasteiger partial charge in [-0.15, -0.1) is 5.92 Å². The molecule has 0 aliphatic carbocycles. The first-order chi connectivity index (χ1) is 9.77. The second-order valence-electron chi connectivity index (χ2n) is 5.19. The van der Waals surface area contributed by atoms with E-state index in [0.717, 1.165) is 38.5 Å². The van der Waals surface area contributed by atoms with E-state index in [9.17, 15) is 4.79 Å². The minimum atomic E-state index is -0.677. The second kappa shape index (κ2) is 15.8. The number of carboxylic acids is 1. The first kappa shape index (κ1) is 18.8. The predicted molar refractivity (Wildman–Crippen MR) is 85.6 cm³/mol. The average Bonchev–Trinajstić information content (AvgIpc) is 2.43. The Bertz CT molecular complexity index is 307. The lowest BCUT2D eigenvalue weighted by Crippen LogP contribution is -1.93. The summed E-state index contributed by atoms with van der Waals surface area (Å²) in [6.45, 7) is 2.21. The zero-order valence-corrected chi connectivity index (χ0v) is 13.0. The minimum Gasteiger partial charge on any atom is -0.481 e. The molecule has 0 fully saturated rings. The Labute approximate surface area is 124 Å². The van der Waals surface area contributed by atoms with Gasteiger partial charge < -0.3 is 5.11 Å². The highest BCUT2D eigenvalue weighted by Gasteiger charge is 1.95. The summed E-state index contributed by atoms with van der Waals surface area (Å²) in [4.78, 5) is 10.3. The van der Waals surface area contributed by atoms with Crippen LogP contribution in [0.15, 0.2) is 12.2 Å². The van der Waals surface area contributed by atoms with Crippen molar-refractivity contribution in [2.45, 2.75) is 84.0 Å². The molecule has 20 heavy (non-hydrogen) atoms. The van der Waals surface area contributed by atoms with Gasteiger partial charge in [-0.1, -0.05) is 57.1 Å². The van der Waals surface area contributed by atoms with Gasteiger partial charge in [0.15, 0.2) is 0 Å². The molecule has 0 radical (unpaired) electrons. The molecule has 0 aromatic rings. The molecule has 0 bridgehead atoms. The Kier molecular flexibility index (Phi) is 14.9. The lowest BCUT2D eigenvalue weighted by atomic mass is 10.1. The number of allylic oxidation sites excluding steroid dienone is 2. The molecule has 0 atom stereocenters. The van der Waals surface area contributed by atoms with E-state index in [1.165, 1.54) is 32.1 Å². The van der Waals surface area contributed by atoms with E-state index in [1.807, 2.05) is 0 Å². The maximum absolute atomic E-state index is 10.3. The molecule has 2 heteroatoms. The van der Waals surface area contributed by atoms with Gasteiger partial charge in [0.25, 0.3) is 0 Å². The fraction of sp³-hybridized carbons (Fsp3) is 0.722. The van der Waals surface area contributed by atoms with Crippen LogP contribution in [0.25, 0.3) is 0 Å². The first-order valence-corrected chi connectivity index (χ1v) is 8.10. The normalized spacial score (nSPS) is 10.4. The molecule has 0 amide bonds. The molecule has 0 saturated heterocycles. The van der Waals surface area contributed by atoms with E-state index >= 15 is 0 Å². The quantitative estimate of drug-likeness (QED) is 0.297. The van der Waals surface area contributed by atoms with Crippen molar-refractivity contribution in [3.63, 3.8) is 0 Å². The maximum Gasteiger partial charge on any atom is 0.303 e. The van der Waals surface area contributed by atoms with Crippen LogP contribution in [-0.2, 0) is 4.79 Å². The van der Waals surface area contributed by atoms with Crippen molar-refractivity contribution in [1.29, 1.82) is 0 Å². The summed E-state index contributed by atoms with van der Waals surface area (Å²) in [5.41, 5.74) is 0. The van der Waals surface area contributed by atoms with Crippen molar-refractivity contribution >= 4 is 5.97 Å². The molecule has 0 aromatic carbocycles. The number of hydrogen-bond acceptors (Lipinski definition) is 1. The van der Waals surface area contributed by atoms with Crippen LogP contribution in [0, 0.1) is 11.8 Å². The van der Waals surface area contributed by atoms with Gasteiger partial charge >= 0.3 is 5.97 Å². The summed E-state index contributed by atoms with van der Waals surface area (Å²) < 4.78 is 0. The summed E-state index contributed by atoms with van der Waals surface area (Å²) in [5, 5.41) is 8.50. The molecule has 0 aliphatic heterocycles. The van der Waals surface area contributed by atoms with Crippen LogP contribution in [0.3, 0.4) is 0 Å². The molecule has 0 spiro atoms. The van der Waals surface area contributed by atoms with Crippen LogP contribution in [-0.4, -0.2) is 11.1 Å². The van der Waals surface area contributed by atoms with E-state index in [4.69, 9.17) is 5.11 Å². The van der Waals surface area contributed by atoms with E-state index in [0.29, 0.717) is 6.42 Å². The third kappa shape index (κ3) is 16.8. The fourth-order valence-corrected chi connectivity index (χ4v) is 1.95. The molecular formula is C18H30O2. The van der Waals surface area contributed by atoms with E-state index in [2.05, 4.69) is 30.9 Å². The lowest BCUT2D eigenvalue weighted by Gasteiger charge is -1.97. The van der Waals surface area contributed by atoms with Gasteiger partial charge in [0.05, 0.1) is 0 Å². The maximum atomic E-state index is 10.3. The standard InChI is InChI=1S/C18H30O2/c1-2-3-4-5-6-7-8-9-10-11-12-13-14-15-16-17-18(19)20/h9-10H,2-5,8,11-17H2,1H3,(H,19,20)/b10-9+. The van der Waals surface area contributed by atoms with Crippen molar-refractivity contribution in [3.05, 3.63) is 12.2 Å². The molecule has 114 valence electrons. The number of hydrogen-bond donors (Lipinski definition) is 1. The SMILES string of the molecule is CCCCCC#CC/C=C/CCCCCCCC(=O)O. The highest BCUT2D eigenvalue weighted by atomic mass is 16.4. The predicted octanol–water partition coefficient (Wildman–Crippen LogP) is 5.33. The number of aliphatic carboxylic acids is 1. The van der Waals surface area contributed by atoms with Crippen molar-refractivity contribution in [1.82, 2.24) is 0 Å². The summed E-state index contributed by atoms with van der Waals surface area (Å²) in [6.07, 6.45) is 16.9. The third-order valence-corrected chi connectivity index (χ3v) is 3.18. The highest BCUT2D eigenvalue weighted by molar-refractivity contribution is 5.66. The molecule has 0 heterocycles. The zero-order chi connectivity index (χ0) is 14.9. The molecule has 0 aliphatic rings. The number of unbranched alkanes of at least 4 members (excludes halogenated alkanes) is 8. The van der Waals surface area contributed by atoms with Crippen molar-refractivity contribution in [2.24, 2.45) is 0 Å². The Hall–Kier alpha value is -1.23. The number of carboxylic acid groups (broad SMARTS) is 1. The Morgan fingerprint density at radius 1 is 0.950 bits per heavy atom. The van der Waals surface area contributed by atoms with Crippen molar-refractivity contribution in [3.8, 4) is 11.8 Å². The van der Waals surface area contributed by atoms with Gasteiger partial charge in [-0.05, 0) is 25.7 Å². The third-order valence-electron chi connectivity index (χ3n) is 3.18. The van der Waals surface area contributed by atoms with Gasteiger partial charge in [-0.3, -0.25) is 4.79 Å². The van der Waals surface area contributed by atoms with Crippen molar-refractivity contribution in [2.75, 3.05) is 0 Å². The van der Waals surface area contributed by atoms with Gasteiger partial charge in [-0.2, -0.15) is 0 Å². The van der Waals surface area contributed by atoms with Gasteiger partial charge in [0.1, 0.15) is 0 Å². The molecule has 1 N–H and O–H groups in total. The molecule has 0 rings (SSSR count). The Morgan fingerprint density at radius 3 is 2.45 bits per heavy atom. The molecule has 0 unspecified atom stereocenters. The summed E-state index contributed by atoms with van der Waals surface area (Å²) in [6, 6.07) is 0. The molecule has 2 nitrogen and oxygen atoms in total. The van der Waals surface area contributed by atoms with Crippen LogP contribution < -0.4 is 0 Å². The van der Waals surface area contributed by atoms with Crippen LogP contribution in [0.1, 0.15) is 84.0 Å². The molecule has 0 aromatic heterocycles. The van der Waals surface area contributed by atoms with E-state index in [-0.39, 0.29) is 0 Å². The Balaban J connectivity index is 3.21. The van der Waals surface area contributed by atoms with Gasteiger partial charge in [0.2, 0.25) is 0 Å². The Morgan fingerprint density at radius 2 is 1.70 bits per heavy atom. The first-order valence-electron chi connectivity index (χ1n) is 8.10. The van der Waals surface area contributed by atoms with Crippen LogP contribution in [0.2, 0.25) is 0 Å². The fourth-order valence-electron chi connectivity index (χ4n) is 1.95. The van der Waals surface area contributed by atoms with Crippen LogP contribution in [0.4, 0.5) is 0 Å². The highest BCUT2D eigenvalue weighted by Crippen LogP contribution is 2.07. The lowest BCUT2D eigenvalue weighted by molar-refractivity contribution is -0.137. The van der Waals surface area contributed by atoms with Gasteiger partial charge in [-0.25, -0.2) is 0 Å². The van der Waals surface area contributed by atoms with Crippen LogP contribution >= 0.6 is 0 Å². The second-order valence-corrected chi connectivity index (χ2v) is 5.19. The van der Waals surface area contributed by atoms with Gasteiger partial charge in [0, 0.05) is 19.3 Å². The monoisotopic (exact) mass is 278 g/mol.